The first kappa shape index (κ1) is 20.2. The van der Waals surface area contributed by atoms with Gasteiger partial charge in [-0.25, -0.2) is 0 Å². The van der Waals surface area contributed by atoms with Gasteiger partial charge in [0.05, 0.1) is 12.0 Å². The van der Waals surface area contributed by atoms with E-state index in [2.05, 4.69) is 15.5 Å². The highest BCUT2D eigenvalue weighted by Crippen LogP contribution is 2.34. The number of rotatable bonds is 6. The maximum absolute atomic E-state index is 12.9. The standard InChI is InChI=1S/C25H27N3O2/c1-2-20(18-10-4-3-5-11-18)24(29)26-19-12-8-9-17(15-19)16-23-21-13-6-7-14-22(21)25(30)28-27-23/h3-5,8-12,15,20,23H,2,6-7,13-14,16H2,1H3,(H,26,29)/t20-,23?/m0/s1. The van der Waals surface area contributed by atoms with Crippen molar-refractivity contribution >= 4 is 17.5 Å². The summed E-state index contributed by atoms with van der Waals surface area (Å²) in [5, 5.41) is 11.3. The molecule has 1 N–H and O–H groups in total. The SMILES string of the molecule is CC[C@H](C(=O)Nc1cccc(CC2N=NC(=O)C3=C2CCCC3)c1)c1ccccc1. The second kappa shape index (κ2) is 9.16. The molecule has 2 aromatic carbocycles. The van der Waals surface area contributed by atoms with Crippen molar-refractivity contribution in [2.24, 2.45) is 10.2 Å². The fraction of sp³-hybridized carbons (Fsp3) is 0.360. The average molecular weight is 402 g/mol. The second-order valence-corrected chi connectivity index (χ2v) is 8.01. The zero-order chi connectivity index (χ0) is 20.9. The molecule has 1 heterocycles. The lowest BCUT2D eigenvalue weighted by molar-refractivity contribution is -0.117. The number of anilines is 1. The summed E-state index contributed by atoms with van der Waals surface area (Å²) in [4.78, 5) is 24.9. The van der Waals surface area contributed by atoms with Gasteiger partial charge in [-0.05, 0) is 60.9 Å². The highest BCUT2D eigenvalue weighted by molar-refractivity contribution is 5.96. The van der Waals surface area contributed by atoms with Crippen molar-refractivity contribution in [1.82, 2.24) is 0 Å². The largest absolute Gasteiger partial charge is 0.326 e. The highest BCUT2D eigenvalue weighted by atomic mass is 16.2. The lowest BCUT2D eigenvalue weighted by Gasteiger charge is -2.26. The number of nitrogens with zero attached hydrogens (tertiary/aromatic N) is 2. The van der Waals surface area contributed by atoms with E-state index in [1.165, 1.54) is 0 Å². The number of hydrogen-bond acceptors (Lipinski definition) is 3. The summed E-state index contributed by atoms with van der Waals surface area (Å²) in [6.45, 7) is 2.03. The number of hydrogen-bond donors (Lipinski definition) is 1. The Balaban J connectivity index is 1.48. The van der Waals surface area contributed by atoms with E-state index < -0.39 is 0 Å². The van der Waals surface area contributed by atoms with Crippen molar-refractivity contribution in [1.29, 1.82) is 0 Å². The predicted molar refractivity (Wildman–Crippen MR) is 117 cm³/mol. The third-order valence-corrected chi connectivity index (χ3v) is 6.01. The summed E-state index contributed by atoms with van der Waals surface area (Å²) in [5.41, 5.74) is 4.92. The Morgan fingerprint density at radius 3 is 2.70 bits per heavy atom. The first-order valence-corrected chi connectivity index (χ1v) is 10.8. The number of carbonyl (C=O) groups is 2. The maximum atomic E-state index is 12.9. The van der Waals surface area contributed by atoms with E-state index >= 15 is 0 Å². The molecule has 2 atom stereocenters. The second-order valence-electron chi connectivity index (χ2n) is 8.01. The van der Waals surface area contributed by atoms with Crippen LogP contribution in [-0.4, -0.2) is 17.9 Å². The molecular formula is C25H27N3O2. The number of azo groups is 1. The van der Waals surface area contributed by atoms with Gasteiger partial charge < -0.3 is 5.32 Å². The van der Waals surface area contributed by atoms with Crippen molar-refractivity contribution < 1.29 is 9.59 Å². The van der Waals surface area contributed by atoms with Gasteiger partial charge in [0.15, 0.2) is 0 Å². The molecular weight excluding hydrogens is 374 g/mol. The van der Waals surface area contributed by atoms with Gasteiger partial charge >= 0.3 is 0 Å². The zero-order valence-corrected chi connectivity index (χ0v) is 17.3. The minimum atomic E-state index is -0.178. The lowest BCUT2D eigenvalue weighted by Crippen LogP contribution is -2.23. The molecule has 0 saturated heterocycles. The molecule has 1 unspecified atom stereocenters. The summed E-state index contributed by atoms with van der Waals surface area (Å²) in [6, 6.07) is 17.7. The van der Waals surface area contributed by atoms with E-state index in [0.29, 0.717) is 6.42 Å². The fourth-order valence-electron chi connectivity index (χ4n) is 4.44. The van der Waals surface area contributed by atoms with Crippen molar-refractivity contribution in [2.75, 3.05) is 5.32 Å². The molecule has 0 spiro atoms. The van der Waals surface area contributed by atoms with E-state index in [1.54, 1.807) is 0 Å². The first-order valence-electron chi connectivity index (χ1n) is 10.8. The van der Waals surface area contributed by atoms with Crippen LogP contribution in [0.3, 0.4) is 0 Å². The lowest BCUT2D eigenvalue weighted by atomic mass is 9.84. The molecule has 154 valence electrons. The normalized spacial score (nSPS) is 19.4. The van der Waals surface area contributed by atoms with Gasteiger partial charge in [0.2, 0.25) is 5.91 Å². The minimum absolute atomic E-state index is 0.000996. The van der Waals surface area contributed by atoms with Crippen LogP contribution in [0.15, 0.2) is 76.0 Å². The molecule has 5 nitrogen and oxygen atoms in total. The zero-order valence-electron chi connectivity index (χ0n) is 17.3. The van der Waals surface area contributed by atoms with E-state index in [9.17, 15) is 9.59 Å². The van der Waals surface area contributed by atoms with Gasteiger partial charge in [-0.3, -0.25) is 9.59 Å². The van der Waals surface area contributed by atoms with Gasteiger partial charge in [0.1, 0.15) is 0 Å². The molecule has 2 amide bonds. The van der Waals surface area contributed by atoms with Crippen LogP contribution in [0.2, 0.25) is 0 Å². The van der Waals surface area contributed by atoms with Crippen LogP contribution in [0, 0.1) is 0 Å². The highest BCUT2D eigenvalue weighted by Gasteiger charge is 2.29. The van der Waals surface area contributed by atoms with Gasteiger partial charge in [-0.1, -0.05) is 49.4 Å². The molecule has 1 aliphatic heterocycles. The van der Waals surface area contributed by atoms with Crippen LogP contribution in [0.5, 0.6) is 0 Å². The smallest absolute Gasteiger partial charge is 0.291 e. The molecule has 0 saturated carbocycles. The van der Waals surface area contributed by atoms with E-state index in [1.807, 2.05) is 61.5 Å². The Morgan fingerprint density at radius 2 is 1.90 bits per heavy atom. The van der Waals surface area contributed by atoms with Gasteiger partial charge in [0.25, 0.3) is 5.91 Å². The molecule has 4 rings (SSSR count). The Kier molecular flexibility index (Phi) is 6.17. The van der Waals surface area contributed by atoms with Gasteiger partial charge in [-0.2, -0.15) is 5.11 Å². The number of amides is 2. The Bertz CT molecular complexity index is 994. The predicted octanol–water partition coefficient (Wildman–Crippen LogP) is 5.59. The van der Waals surface area contributed by atoms with Crippen LogP contribution >= 0.6 is 0 Å². The van der Waals surface area contributed by atoms with E-state index in [0.717, 1.165) is 60.1 Å². The van der Waals surface area contributed by atoms with Gasteiger partial charge in [-0.15, -0.1) is 5.11 Å². The molecule has 0 radical (unpaired) electrons. The third kappa shape index (κ3) is 4.40. The van der Waals surface area contributed by atoms with E-state index in [4.69, 9.17) is 0 Å². The molecule has 2 aliphatic rings. The molecule has 1 aliphatic carbocycles. The van der Waals surface area contributed by atoms with Crippen molar-refractivity contribution in [2.45, 2.75) is 57.4 Å². The summed E-state index contributed by atoms with van der Waals surface area (Å²) in [6.07, 6.45) is 5.33. The minimum Gasteiger partial charge on any atom is -0.326 e. The van der Waals surface area contributed by atoms with Crippen LogP contribution in [0.4, 0.5) is 5.69 Å². The maximum Gasteiger partial charge on any atom is 0.291 e. The monoisotopic (exact) mass is 401 g/mol. The number of benzene rings is 2. The van der Waals surface area contributed by atoms with Crippen molar-refractivity contribution in [3.05, 3.63) is 76.9 Å². The number of nitrogens with one attached hydrogen (secondary N) is 1. The topological polar surface area (TPSA) is 70.9 Å². The van der Waals surface area contributed by atoms with Crippen LogP contribution in [0.1, 0.15) is 56.1 Å². The molecule has 5 heteroatoms. The summed E-state index contributed by atoms with van der Waals surface area (Å²) >= 11 is 0. The Morgan fingerprint density at radius 1 is 1.10 bits per heavy atom. The van der Waals surface area contributed by atoms with Crippen LogP contribution in [-0.2, 0) is 16.0 Å². The summed E-state index contributed by atoms with van der Waals surface area (Å²) in [5.74, 6) is -0.336. The summed E-state index contributed by atoms with van der Waals surface area (Å²) < 4.78 is 0. The first-order chi connectivity index (χ1) is 14.7. The van der Waals surface area contributed by atoms with Crippen molar-refractivity contribution in [3.8, 4) is 0 Å². The van der Waals surface area contributed by atoms with Crippen molar-refractivity contribution in [3.63, 3.8) is 0 Å². The Labute approximate surface area is 177 Å². The van der Waals surface area contributed by atoms with Crippen LogP contribution < -0.4 is 5.32 Å². The molecule has 0 aromatic heterocycles. The third-order valence-electron chi connectivity index (χ3n) is 6.01. The average Bonchev–Trinajstić information content (AvgIpc) is 2.77. The molecule has 0 fully saturated rings. The van der Waals surface area contributed by atoms with E-state index in [-0.39, 0.29) is 23.8 Å². The molecule has 30 heavy (non-hydrogen) atoms. The fourth-order valence-corrected chi connectivity index (χ4v) is 4.44. The Hall–Kier alpha value is -3.08. The summed E-state index contributed by atoms with van der Waals surface area (Å²) in [7, 11) is 0. The van der Waals surface area contributed by atoms with Gasteiger partial charge in [0, 0.05) is 17.7 Å². The number of carbonyl (C=O) groups excluding carboxylic acids is 2. The quantitative estimate of drug-likeness (QED) is 0.685. The molecule has 2 aromatic rings. The van der Waals surface area contributed by atoms with Crippen LogP contribution in [0.25, 0.3) is 0 Å². The molecule has 0 bridgehead atoms.